The van der Waals surface area contributed by atoms with Gasteiger partial charge in [0, 0.05) is 13.2 Å². The first-order chi connectivity index (χ1) is 6.85. The molecule has 1 rings (SSSR count). The first-order valence-corrected chi connectivity index (χ1v) is 4.62. The van der Waals surface area contributed by atoms with Crippen LogP contribution in [-0.2, 0) is 4.79 Å². The van der Waals surface area contributed by atoms with E-state index in [-0.39, 0.29) is 0 Å². The fourth-order valence-electron chi connectivity index (χ4n) is 1.06. The second kappa shape index (κ2) is 3.84. The molecule has 0 saturated heterocycles. The Morgan fingerprint density at radius 1 is 1.53 bits per heavy atom. The van der Waals surface area contributed by atoms with E-state index in [0.29, 0.717) is 11.6 Å². The number of carboxylic acid groups (broad SMARTS) is 1. The predicted molar refractivity (Wildman–Crippen MR) is 56.9 cm³/mol. The number of likely N-dealkylation sites (N-methyl/N-ethyl adjacent to an activating group) is 1. The van der Waals surface area contributed by atoms with Crippen molar-refractivity contribution in [3.05, 3.63) is 18.1 Å². The molecule has 1 heterocycles. The summed E-state index contributed by atoms with van der Waals surface area (Å²) in [7, 11) is 1.70. The van der Waals surface area contributed by atoms with Crippen molar-refractivity contribution in [2.24, 2.45) is 0 Å². The lowest BCUT2D eigenvalue weighted by Gasteiger charge is -2.32. The Morgan fingerprint density at radius 2 is 2.13 bits per heavy atom. The third-order valence-corrected chi connectivity index (χ3v) is 2.47. The molecule has 5 nitrogen and oxygen atoms in total. The van der Waals surface area contributed by atoms with Gasteiger partial charge < -0.3 is 10.0 Å². The zero-order valence-electron chi connectivity index (χ0n) is 9.35. The van der Waals surface area contributed by atoms with Gasteiger partial charge in [-0.2, -0.15) is 0 Å². The molecule has 5 heteroatoms. The molecule has 1 N–H and O–H groups in total. The second-order valence-electron chi connectivity index (χ2n) is 3.89. The van der Waals surface area contributed by atoms with Crippen LogP contribution in [-0.4, -0.2) is 33.6 Å². The van der Waals surface area contributed by atoms with E-state index in [4.69, 9.17) is 5.11 Å². The first-order valence-electron chi connectivity index (χ1n) is 4.62. The Hall–Kier alpha value is -1.65. The average molecular weight is 209 g/mol. The van der Waals surface area contributed by atoms with Gasteiger partial charge in [0.05, 0.1) is 0 Å². The standard InChI is InChI=1S/C10H15N3O2/c1-7-11-6-5-8(12-7)13(4)10(2,3)9(14)15/h5-6H,1-4H3,(H,14,15). The molecule has 0 bridgehead atoms. The topological polar surface area (TPSA) is 66.3 Å². The van der Waals surface area contributed by atoms with E-state index in [2.05, 4.69) is 9.97 Å². The molecule has 0 spiro atoms. The van der Waals surface area contributed by atoms with Gasteiger partial charge in [0.25, 0.3) is 0 Å². The van der Waals surface area contributed by atoms with Crippen molar-refractivity contribution in [3.8, 4) is 0 Å². The molecule has 0 aliphatic rings. The zero-order chi connectivity index (χ0) is 11.6. The van der Waals surface area contributed by atoms with Crippen LogP contribution in [0.5, 0.6) is 0 Å². The van der Waals surface area contributed by atoms with E-state index in [1.54, 1.807) is 45.0 Å². The smallest absolute Gasteiger partial charge is 0.328 e. The molecule has 0 radical (unpaired) electrons. The largest absolute Gasteiger partial charge is 0.480 e. The van der Waals surface area contributed by atoms with Crippen molar-refractivity contribution in [1.82, 2.24) is 9.97 Å². The number of anilines is 1. The normalized spacial score (nSPS) is 11.2. The summed E-state index contributed by atoms with van der Waals surface area (Å²) in [6.45, 7) is 5.03. The third-order valence-electron chi connectivity index (χ3n) is 2.47. The summed E-state index contributed by atoms with van der Waals surface area (Å²) in [6, 6.07) is 1.69. The van der Waals surface area contributed by atoms with E-state index >= 15 is 0 Å². The van der Waals surface area contributed by atoms with Crippen LogP contribution in [0, 0.1) is 6.92 Å². The minimum Gasteiger partial charge on any atom is -0.480 e. The summed E-state index contributed by atoms with van der Waals surface area (Å²) in [6.07, 6.45) is 1.62. The van der Waals surface area contributed by atoms with E-state index in [1.807, 2.05) is 0 Å². The van der Waals surface area contributed by atoms with Gasteiger partial charge in [-0.05, 0) is 26.8 Å². The van der Waals surface area contributed by atoms with Crippen LogP contribution in [0.2, 0.25) is 0 Å². The van der Waals surface area contributed by atoms with E-state index in [1.165, 1.54) is 0 Å². The Kier molecular flexibility index (Phi) is 2.93. The van der Waals surface area contributed by atoms with Crippen molar-refractivity contribution in [2.75, 3.05) is 11.9 Å². The summed E-state index contributed by atoms with van der Waals surface area (Å²) in [5.74, 6) is 0.344. The summed E-state index contributed by atoms with van der Waals surface area (Å²) >= 11 is 0. The Labute approximate surface area is 88.8 Å². The van der Waals surface area contributed by atoms with E-state index in [9.17, 15) is 4.79 Å². The van der Waals surface area contributed by atoms with Gasteiger partial charge >= 0.3 is 5.97 Å². The molecule has 0 aliphatic heterocycles. The Bertz CT molecular complexity index is 377. The van der Waals surface area contributed by atoms with Crippen LogP contribution >= 0.6 is 0 Å². The second-order valence-corrected chi connectivity index (χ2v) is 3.89. The van der Waals surface area contributed by atoms with Gasteiger partial charge in [-0.25, -0.2) is 14.8 Å². The average Bonchev–Trinajstić information content (AvgIpc) is 2.16. The monoisotopic (exact) mass is 209 g/mol. The molecule has 0 aromatic carbocycles. The number of carboxylic acids is 1. The number of nitrogens with zero attached hydrogens (tertiary/aromatic N) is 3. The van der Waals surface area contributed by atoms with Crippen LogP contribution in [0.4, 0.5) is 5.82 Å². The molecule has 1 aromatic heterocycles. The van der Waals surface area contributed by atoms with Gasteiger partial charge in [0.1, 0.15) is 17.2 Å². The van der Waals surface area contributed by atoms with Gasteiger partial charge in [-0.3, -0.25) is 0 Å². The molecule has 0 aliphatic carbocycles. The van der Waals surface area contributed by atoms with Crippen molar-refractivity contribution >= 4 is 11.8 Å². The molecule has 0 amide bonds. The summed E-state index contributed by atoms with van der Waals surface area (Å²) < 4.78 is 0. The highest BCUT2D eigenvalue weighted by molar-refractivity contribution is 5.81. The minimum absolute atomic E-state index is 0.606. The van der Waals surface area contributed by atoms with Crippen molar-refractivity contribution in [2.45, 2.75) is 26.3 Å². The molecule has 82 valence electrons. The predicted octanol–water partition coefficient (Wildman–Crippen LogP) is 1.08. The van der Waals surface area contributed by atoms with E-state index in [0.717, 1.165) is 0 Å². The lowest BCUT2D eigenvalue weighted by Crippen LogP contribution is -2.48. The number of carbonyl (C=O) groups is 1. The number of hydrogen-bond donors (Lipinski definition) is 1. The lowest BCUT2D eigenvalue weighted by atomic mass is 10.0. The van der Waals surface area contributed by atoms with Crippen LogP contribution in [0.1, 0.15) is 19.7 Å². The summed E-state index contributed by atoms with van der Waals surface area (Å²) in [5.41, 5.74) is -0.985. The van der Waals surface area contributed by atoms with Crippen molar-refractivity contribution < 1.29 is 9.90 Å². The molecule has 0 saturated carbocycles. The van der Waals surface area contributed by atoms with Crippen LogP contribution in [0.3, 0.4) is 0 Å². The maximum Gasteiger partial charge on any atom is 0.328 e. The Morgan fingerprint density at radius 3 is 2.60 bits per heavy atom. The molecular weight excluding hydrogens is 194 g/mol. The number of hydrogen-bond acceptors (Lipinski definition) is 4. The van der Waals surface area contributed by atoms with Crippen LogP contribution in [0.25, 0.3) is 0 Å². The van der Waals surface area contributed by atoms with Crippen LogP contribution in [0.15, 0.2) is 12.3 Å². The highest BCUT2D eigenvalue weighted by atomic mass is 16.4. The first kappa shape index (κ1) is 11.4. The number of aromatic nitrogens is 2. The molecule has 1 aromatic rings. The number of aryl methyl sites for hydroxylation is 1. The van der Waals surface area contributed by atoms with Gasteiger partial charge in [0.15, 0.2) is 0 Å². The summed E-state index contributed by atoms with van der Waals surface area (Å²) in [4.78, 5) is 20.8. The van der Waals surface area contributed by atoms with Crippen LogP contribution < -0.4 is 4.90 Å². The molecule has 15 heavy (non-hydrogen) atoms. The molecular formula is C10H15N3O2. The quantitative estimate of drug-likeness (QED) is 0.807. The molecule has 0 atom stereocenters. The molecule has 0 unspecified atom stereocenters. The zero-order valence-corrected chi connectivity index (χ0v) is 9.35. The maximum absolute atomic E-state index is 11.0. The highest BCUT2D eigenvalue weighted by Gasteiger charge is 2.32. The molecule has 0 fully saturated rings. The summed E-state index contributed by atoms with van der Waals surface area (Å²) in [5, 5.41) is 9.06. The van der Waals surface area contributed by atoms with Crippen molar-refractivity contribution in [1.29, 1.82) is 0 Å². The van der Waals surface area contributed by atoms with Gasteiger partial charge in [0.2, 0.25) is 0 Å². The minimum atomic E-state index is -0.985. The van der Waals surface area contributed by atoms with Gasteiger partial charge in [-0.15, -0.1) is 0 Å². The SMILES string of the molecule is Cc1nccc(N(C)C(C)(C)C(=O)O)n1. The number of aliphatic carboxylic acids is 1. The van der Waals surface area contributed by atoms with E-state index < -0.39 is 11.5 Å². The fourth-order valence-corrected chi connectivity index (χ4v) is 1.06. The Balaban J connectivity index is 3.04. The maximum atomic E-state index is 11.0. The third kappa shape index (κ3) is 2.23. The van der Waals surface area contributed by atoms with Gasteiger partial charge in [-0.1, -0.05) is 0 Å². The lowest BCUT2D eigenvalue weighted by molar-refractivity contribution is -0.142. The number of rotatable bonds is 3. The van der Waals surface area contributed by atoms with Crippen molar-refractivity contribution in [3.63, 3.8) is 0 Å². The highest BCUT2D eigenvalue weighted by Crippen LogP contribution is 2.19. The fraction of sp³-hybridized carbons (Fsp3) is 0.500.